The van der Waals surface area contributed by atoms with E-state index >= 15 is 0 Å². The molecule has 1 aliphatic rings. The molecule has 3 nitrogen and oxygen atoms in total. The fraction of sp³-hybridized carbons (Fsp3) is 0.364. The van der Waals surface area contributed by atoms with Crippen molar-refractivity contribution in [3.63, 3.8) is 0 Å². The van der Waals surface area contributed by atoms with Crippen molar-refractivity contribution in [2.24, 2.45) is 14.1 Å². The van der Waals surface area contributed by atoms with E-state index in [9.17, 15) is 0 Å². The predicted molar refractivity (Wildman–Crippen MR) is 109 cm³/mol. The first-order valence-corrected chi connectivity index (χ1v) is 10.3. The Balaban J connectivity index is 1.80. The SMILES string of the molecule is Cc1ccc2sc(C3CCCC3)nc2c1-c1n(C)c2ccccc2[n+]1C. The molecule has 2 aromatic heterocycles. The molecule has 132 valence electrons. The first kappa shape index (κ1) is 16.0. The van der Waals surface area contributed by atoms with Crippen LogP contribution in [0.5, 0.6) is 0 Å². The molecule has 0 radical (unpaired) electrons. The summed E-state index contributed by atoms with van der Waals surface area (Å²) in [6, 6.07) is 13.1. The molecule has 4 heteroatoms. The Labute approximate surface area is 157 Å². The second-order valence-electron chi connectivity index (χ2n) is 7.57. The molecule has 0 unspecified atom stereocenters. The third-order valence-corrected chi connectivity index (χ3v) is 7.14. The van der Waals surface area contributed by atoms with Gasteiger partial charge in [-0.15, -0.1) is 11.3 Å². The van der Waals surface area contributed by atoms with E-state index in [0.29, 0.717) is 5.92 Å². The molecule has 2 heterocycles. The number of aromatic nitrogens is 3. The van der Waals surface area contributed by atoms with E-state index in [0.717, 1.165) is 0 Å². The maximum absolute atomic E-state index is 5.18. The zero-order valence-corrected chi connectivity index (χ0v) is 16.4. The molecule has 0 bridgehead atoms. The highest BCUT2D eigenvalue weighted by Crippen LogP contribution is 2.41. The predicted octanol–water partition coefficient (Wildman–Crippen LogP) is 5.25. The van der Waals surface area contributed by atoms with Crippen molar-refractivity contribution in [3.05, 3.63) is 47.0 Å². The van der Waals surface area contributed by atoms with Gasteiger partial charge in [-0.1, -0.05) is 31.0 Å². The molecule has 1 fully saturated rings. The van der Waals surface area contributed by atoms with E-state index < -0.39 is 0 Å². The monoisotopic (exact) mass is 362 g/mol. The van der Waals surface area contributed by atoms with E-state index in [2.05, 4.69) is 66.6 Å². The summed E-state index contributed by atoms with van der Waals surface area (Å²) in [5, 5.41) is 1.34. The van der Waals surface area contributed by atoms with Crippen molar-refractivity contribution in [3.8, 4) is 11.4 Å². The maximum Gasteiger partial charge on any atom is 0.291 e. The zero-order chi connectivity index (χ0) is 17.8. The number of para-hydroxylation sites is 2. The van der Waals surface area contributed by atoms with Crippen LogP contribution in [0.1, 0.15) is 42.2 Å². The van der Waals surface area contributed by atoms with Gasteiger partial charge >= 0.3 is 0 Å². The van der Waals surface area contributed by atoms with Crippen LogP contribution in [0.2, 0.25) is 0 Å². The lowest BCUT2D eigenvalue weighted by atomic mass is 10.1. The summed E-state index contributed by atoms with van der Waals surface area (Å²) < 4.78 is 5.94. The first-order chi connectivity index (χ1) is 12.6. The summed E-state index contributed by atoms with van der Waals surface area (Å²) in [7, 11) is 4.33. The third kappa shape index (κ3) is 2.25. The third-order valence-electron chi connectivity index (χ3n) is 5.95. The van der Waals surface area contributed by atoms with E-state index in [1.54, 1.807) is 0 Å². The van der Waals surface area contributed by atoms with Gasteiger partial charge < -0.3 is 0 Å². The largest absolute Gasteiger partial charge is 0.291 e. The van der Waals surface area contributed by atoms with Crippen LogP contribution in [0.25, 0.3) is 32.6 Å². The summed E-state index contributed by atoms with van der Waals surface area (Å²) in [6.07, 6.45) is 5.31. The molecule has 0 amide bonds. The Morgan fingerprint density at radius 1 is 1.12 bits per heavy atom. The van der Waals surface area contributed by atoms with Crippen LogP contribution in [0, 0.1) is 6.92 Å². The van der Waals surface area contributed by atoms with E-state index in [1.165, 1.54) is 68.9 Å². The summed E-state index contributed by atoms with van der Waals surface area (Å²) >= 11 is 1.90. The second-order valence-corrected chi connectivity index (χ2v) is 8.63. The highest BCUT2D eigenvalue weighted by molar-refractivity contribution is 7.18. The lowest BCUT2D eigenvalue weighted by Gasteiger charge is -2.05. The average Bonchev–Trinajstić information content (AvgIpc) is 3.36. The standard InChI is InChI=1S/C22H24N3S/c1-14-12-13-18-20(23-21(26-18)15-8-4-5-9-15)19(14)22-24(2)16-10-6-7-11-17(16)25(22)3/h6-7,10-13,15H,4-5,8-9H2,1-3H3/q+1. The van der Waals surface area contributed by atoms with Crippen LogP contribution >= 0.6 is 11.3 Å². The highest BCUT2D eigenvalue weighted by atomic mass is 32.1. The van der Waals surface area contributed by atoms with Crippen molar-refractivity contribution in [1.82, 2.24) is 9.55 Å². The molecule has 1 saturated carbocycles. The van der Waals surface area contributed by atoms with Crippen LogP contribution < -0.4 is 4.57 Å². The van der Waals surface area contributed by atoms with Crippen molar-refractivity contribution < 1.29 is 4.57 Å². The number of hydrogen-bond acceptors (Lipinski definition) is 2. The lowest BCUT2D eigenvalue weighted by molar-refractivity contribution is -0.634. The van der Waals surface area contributed by atoms with Gasteiger partial charge in [-0.2, -0.15) is 0 Å². The van der Waals surface area contributed by atoms with Crippen LogP contribution in [0.4, 0.5) is 0 Å². The molecule has 0 spiro atoms. The second kappa shape index (κ2) is 5.92. The molecule has 5 rings (SSSR count). The topological polar surface area (TPSA) is 21.7 Å². The normalized spacial score (nSPS) is 15.5. The fourth-order valence-electron chi connectivity index (χ4n) is 4.56. The molecule has 26 heavy (non-hydrogen) atoms. The van der Waals surface area contributed by atoms with Gasteiger partial charge in [-0.25, -0.2) is 14.1 Å². The summed E-state index contributed by atoms with van der Waals surface area (Å²) in [4.78, 5) is 5.18. The molecule has 0 atom stereocenters. The fourth-order valence-corrected chi connectivity index (χ4v) is 5.71. The number of thiazole rings is 1. The highest BCUT2D eigenvalue weighted by Gasteiger charge is 2.28. The zero-order valence-electron chi connectivity index (χ0n) is 15.6. The molecule has 2 aromatic carbocycles. The number of hydrogen-bond donors (Lipinski definition) is 0. The first-order valence-electron chi connectivity index (χ1n) is 9.49. The van der Waals surface area contributed by atoms with Crippen molar-refractivity contribution in [2.45, 2.75) is 38.5 Å². The number of benzene rings is 2. The van der Waals surface area contributed by atoms with Gasteiger partial charge in [0.2, 0.25) is 0 Å². The van der Waals surface area contributed by atoms with Gasteiger partial charge in [-0.3, -0.25) is 0 Å². The van der Waals surface area contributed by atoms with E-state index in [-0.39, 0.29) is 0 Å². The number of imidazole rings is 1. The van der Waals surface area contributed by atoms with Crippen molar-refractivity contribution >= 4 is 32.6 Å². The average molecular weight is 363 g/mol. The van der Waals surface area contributed by atoms with E-state index in [1.807, 2.05) is 11.3 Å². The van der Waals surface area contributed by atoms with Crippen molar-refractivity contribution in [2.75, 3.05) is 0 Å². The van der Waals surface area contributed by atoms with Crippen LogP contribution in [0.15, 0.2) is 36.4 Å². The van der Waals surface area contributed by atoms with Crippen molar-refractivity contribution in [1.29, 1.82) is 0 Å². The summed E-state index contributed by atoms with van der Waals surface area (Å²) in [6.45, 7) is 2.21. The number of fused-ring (bicyclic) bond motifs is 2. The van der Waals surface area contributed by atoms with E-state index in [4.69, 9.17) is 4.98 Å². The number of nitrogens with zero attached hydrogens (tertiary/aromatic N) is 3. The lowest BCUT2D eigenvalue weighted by Crippen LogP contribution is -2.30. The van der Waals surface area contributed by atoms with Gasteiger partial charge in [0.25, 0.3) is 5.82 Å². The maximum atomic E-state index is 5.18. The quantitative estimate of drug-likeness (QED) is 0.447. The molecular formula is C22H24N3S+. The Kier molecular flexibility index (Phi) is 3.64. The van der Waals surface area contributed by atoms with Gasteiger partial charge in [0.15, 0.2) is 11.0 Å². The molecule has 1 aliphatic carbocycles. The molecule has 0 saturated heterocycles. The minimum Gasteiger partial charge on any atom is -0.240 e. The Bertz CT molecular complexity index is 1090. The summed E-state index contributed by atoms with van der Waals surface area (Å²) in [5.74, 6) is 1.90. The van der Waals surface area contributed by atoms with Crippen LogP contribution in [-0.2, 0) is 14.1 Å². The van der Waals surface area contributed by atoms with Gasteiger partial charge in [0.05, 0.1) is 34.9 Å². The smallest absolute Gasteiger partial charge is 0.240 e. The minimum absolute atomic E-state index is 0.668. The molecule has 0 N–H and O–H groups in total. The van der Waals surface area contributed by atoms with Crippen LogP contribution in [0.3, 0.4) is 0 Å². The van der Waals surface area contributed by atoms with Gasteiger partial charge in [0, 0.05) is 5.92 Å². The minimum atomic E-state index is 0.668. The Hall–Kier alpha value is -2.20. The Morgan fingerprint density at radius 3 is 2.65 bits per heavy atom. The van der Waals surface area contributed by atoms with Crippen LogP contribution in [-0.4, -0.2) is 9.55 Å². The molecule has 4 aromatic rings. The Morgan fingerprint density at radius 2 is 1.88 bits per heavy atom. The number of aryl methyl sites for hydroxylation is 3. The summed E-state index contributed by atoms with van der Waals surface area (Å²) in [5.41, 5.74) is 6.27. The molecular weight excluding hydrogens is 338 g/mol. The number of rotatable bonds is 2. The molecule has 0 aliphatic heterocycles. The van der Waals surface area contributed by atoms with Gasteiger partial charge in [0.1, 0.15) is 0 Å². The van der Waals surface area contributed by atoms with Gasteiger partial charge in [-0.05, 0) is 43.5 Å².